The van der Waals surface area contributed by atoms with Crippen LogP contribution in [-0.2, 0) is 13.1 Å². The maximum absolute atomic E-state index is 5.39. The van der Waals surface area contributed by atoms with E-state index in [1.165, 1.54) is 0 Å². The van der Waals surface area contributed by atoms with Crippen LogP contribution in [0.3, 0.4) is 0 Å². The molecule has 0 aliphatic heterocycles. The molecular formula is C11H12N6O. The van der Waals surface area contributed by atoms with E-state index < -0.39 is 0 Å². The third kappa shape index (κ3) is 2.29. The Labute approximate surface area is 103 Å². The molecule has 0 atom stereocenters. The van der Waals surface area contributed by atoms with E-state index in [4.69, 9.17) is 4.42 Å². The zero-order valence-corrected chi connectivity index (χ0v) is 9.89. The first-order valence-corrected chi connectivity index (χ1v) is 5.56. The zero-order chi connectivity index (χ0) is 12.4. The first-order chi connectivity index (χ1) is 8.79. The number of hydrogen-bond donors (Lipinski definition) is 0. The number of nitrogens with zero attached hydrogens (tertiary/aromatic N) is 6. The fraction of sp³-hybridized carbons (Fsp3) is 0.273. The van der Waals surface area contributed by atoms with Crippen molar-refractivity contribution in [3.8, 4) is 0 Å². The van der Waals surface area contributed by atoms with E-state index in [1.54, 1.807) is 28.1 Å². The molecular weight excluding hydrogens is 232 g/mol. The second-order valence-corrected chi connectivity index (χ2v) is 3.93. The van der Waals surface area contributed by atoms with Gasteiger partial charge in [-0.2, -0.15) is 10.2 Å². The number of hydrogen-bond acceptors (Lipinski definition) is 5. The summed E-state index contributed by atoms with van der Waals surface area (Å²) in [5.74, 6) is 2.13. The lowest BCUT2D eigenvalue weighted by molar-refractivity contribution is 0.445. The minimum Gasteiger partial charge on any atom is -0.444 e. The summed E-state index contributed by atoms with van der Waals surface area (Å²) < 4.78 is 8.86. The topological polar surface area (TPSA) is 74.6 Å². The van der Waals surface area contributed by atoms with Gasteiger partial charge >= 0.3 is 0 Å². The molecule has 18 heavy (non-hydrogen) atoms. The summed E-state index contributed by atoms with van der Waals surface area (Å²) in [5, 5.41) is 8.44. The van der Waals surface area contributed by atoms with Gasteiger partial charge in [-0.3, -0.25) is 4.68 Å². The summed E-state index contributed by atoms with van der Waals surface area (Å²) >= 11 is 0. The van der Waals surface area contributed by atoms with Gasteiger partial charge in [0.2, 0.25) is 5.89 Å². The van der Waals surface area contributed by atoms with Crippen LogP contribution in [0, 0.1) is 6.92 Å². The average Bonchev–Trinajstić information content (AvgIpc) is 3.04. The molecule has 0 spiro atoms. The summed E-state index contributed by atoms with van der Waals surface area (Å²) in [7, 11) is 0. The van der Waals surface area contributed by atoms with Crippen LogP contribution in [0.5, 0.6) is 0 Å². The Kier molecular flexibility index (Phi) is 2.64. The molecule has 0 amide bonds. The Morgan fingerprint density at radius 3 is 2.89 bits per heavy atom. The van der Waals surface area contributed by atoms with E-state index in [1.807, 2.05) is 19.2 Å². The first-order valence-electron chi connectivity index (χ1n) is 5.56. The number of aromatic nitrogens is 6. The molecule has 7 nitrogen and oxygen atoms in total. The molecule has 3 heterocycles. The van der Waals surface area contributed by atoms with E-state index >= 15 is 0 Å². The van der Waals surface area contributed by atoms with Gasteiger partial charge in [-0.15, -0.1) is 0 Å². The van der Waals surface area contributed by atoms with E-state index in [-0.39, 0.29) is 0 Å². The van der Waals surface area contributed by atoms with E-state index in [9.17, 15) is 0 Å². The maximum atomic E-state index is 5.39. The predicted octanol–water partition coefficient (Wildman–Crippen LogP) is 0.868. The molecule has 3 aromatic rings. The molecule has 0 saturated heterocycles. The van der Waals surface area contributed by atoms with Crippen molar-refractivity contribution in [3.63, 3.8) is 0 Å². The van der Waals surface area contributed by atoms with Crippen LogP contribution in [0.4, 0.5) is 0 Å². The standard InChI is InChI=1S/C11H12N6O/c1-9-5-12-11(18-9)7-17-8-13-10(15-17)6-16-4-2-3-14-16/h2-5,8H,6-7H2,1H3. The van der Waals surface area contributed by atoms with Gasteiger partial charge in [-0.25, -0.2) is 14.6 Å². The SMILES string of the molecule is Cc1cnc(Cn2cnc(Cn3cccn3)n2)o1. The van der Waals surface area contributed by atoms with Gasteiger partial charge in [-0.1, -0.05) is 0 Å². The lowest BCUT2D eigenvalue weighted by Crippen LogP contribution is -2.04. The van der Waals surface area contributed by atoms with Crippen molar-refractivity contribution < 1.29 is 4.42 Å². The summed E-state index contributed by atoms with van der Waals surface area (Å²) in [4.78, 5) is 8.34. The van der Waals surface area contributed by atoms with Crippen molar-refractivity contribution in [1.29, 1.82) is 0 Å². The highest BCUT2D eigenvalue weighted by Crippen LogP contribution is 2.03. The maximum Gasteiger partial charge on any atom is 0.216 e. The van der Waals surface area contributed by atoms with Crippen molar-refractivity contribution >= 4 is 0 Å². The Balaban J connectivity index is 1.69. The van der Waals surface area contributed by atoms with Crippen LogP contribution in [-0.4, -0.2) is 29.5 Å². The van der Waals surface area contributed by atoms with Gasteiger partial charge < -0.3 is 4.42 Å². The molecule has 0 unspecified atom stereocenters. The average molecular weight is 244 g/mol. The summed E-state index contributed by atoms with van der Waals surface area (Å²) in [6.07, 6.45) is 6.96. The fourth-order valence-electron chi connectivity index (χ4n) is 1.63. The van der Waals surface area contributed by atoms with Gasteiger partial charge in [0, 0.05) is 12.4 Å². The molecule has 0 fully saturated rings. The number of aryl methyl sites for hydroxylation is 1. The molecule has 92 valence electrons. The highest BCUT2D eigenvalue weighted by molar-refractivity contribution is 4.92. The largest absolute Gasteiger partial charge is 0.444 e. The quantitative estimate of drug-likeness (QED) is 0.680. The number of rotatable bonds is 4. The van der Waals surface area contributed by atoms with Crippen molar-refractivity contribution in [3.05, 3.63) is 48.5 Å². The van der Waals surface area contributed by atoms with Gasteiger partial charge in [-0.05, 0) is 13.0 Å². The second kappa shape index (κ2) is 4.44. The fourth-order valence-corrected chi connectivity index (χ4v) is 1.63. The Morgan fingerprint density at radius 2 is 2.17 bits per heavy atom. The summed E-state index contributed by atoms with van der Waals surface area (Å²) in [5.41, 5.74) is 0. The molecule has 0 N–H and O–H groups in total. The summed E-state index contributed by atoms with van der Waals surface area (Å²) in [6, 6.07) is 1.87. The highest BCUT2D eigenvalue weighted by Gasteiger charge is 2.05. The monoisotopic (exact) mass is 244 g/mol. The minimum atomic E-state index is 0.486. The van der Waals surface area contributed by atoms with Crippen LogP contribution in [0.15, 0.2) is 35.4 Å². The Bertz CT molecular complexity index is 624. The van der Waals surface area contributed by atoms with Crippen LogP contribution in [0.25, 0.3) is 0 Å². The smallest absolute Gasteiger partial charge is 0.216 e. The van der Waals surface area contributed by atoms with E-state index in [0.29, 0.717) is 24.8 Å². The third-order valence-corrected chi connectivity index (χ3v) is 2.41. The van der Waals surface area contributed by atoms with E-state index in [2.05, 4.69) is 20.2 Å². The van der Waals surface area contributed by atoms with Crippen LogP contribution in [0.1, 0.15) is 17.5 Å². The lowest BCUT2D eigenvalue weighted by atomic mass is 10.6. The third-order valence-electron chi connectivity index (χ3n) is 2.41. The van der Waals surface area contributed by atoms with Gasteiger partial charge in [0.15, 0.2) is 5.82 Å². The molecule has 3 aromatic heterocycles. The first kappa shape index (κ1) is 10.7. The van der Waals surface area contributed by atoms with E-state index in [0.717, 1.165) is 5.76 Å². The number of oxazole rings is 1. The van der Waals surface area contributed by atoms with Crippen molar-refractivity contribution in [2.45, 2.75) is 20.0 Å². The molecule has 0 aromatic carbocycles. The van der Waals surface area contributed by atoms with Crippen LogP contribution >= 0.6 is 0 Å². The molecule has 0 radical (unpaired) electrons. The highest BCUT2D eigenvalue weighted by atomic mass is 16.4. The lowest BCUT2D eigenvalue weighted by Gasteiger charge is -1.96. The molecule has 0 aliphatic carbocycles. The van der Waals surface area contributed by atoms with Crippen molar-refractivity contribution in [2.24, 2.45) is 0 Å². The molecule has 3 rings (SSSR count). The Morgan fingerprint density at radius 1 is 1.22 bits per heavy atom. The molecule has 0 aliphatic rings. The van der Waals surface area contributed by atoms with Crippen molar-refractivity contribution in [1.82, 2.24) is 29.5 Å². The van der Waals surface area contributed by atoms with Gasteiger partial charge in [0.1, 0.15) is 25.2 Å². The van der Waals surface area contributed by atoms with Gasteiger partial charge in [0.25, 0.3) is 0 Å². The molecule has 0 bridgehead atoms. The van der Waals surface area contributed by atoms with Crippen LogP contribution in [0.2, 0.25) is 0 Å². The predicted molar refractivity (Wildman–Crippen MR) is 61.7 cm³/mol. The normalized spacial score (nSPS) is 10.9. The zero-order valence-electron chi connectivity index (χ0n) is 9.89. The van der Waals surface area contributed by atoms with Crippen LogP contribution < -0.4 is 0 Å². The second-order valence-electron chi connectivity index (χ2n) is 3.93. The Hall–Kier alpha value is -2.44. The molecule has 0 saturated carbocycles. The summed E-state index contributed by atoms with van der Waals surface area (Å²) in [6.45, 7) is 2.91. The van der Waals surface area contributed by atoms with Gasteiger partial charge in [0.05, 0.1) is 6.20 Å². The minimum absolute atomic E-state index is 0.486. The molecule has 7 heteroatoms. The van der Waals surface area contributed by atoms with Crippen molar-refractivity contribution in [2.75, 3.05) is 0 Å².